The normalized spacial score (nSPS) is 19.3. The van der Waals surface area contributed by atoms with E-state index in [2.05, 4.69) is 18.7 Å². The van der Waals surface area contributed by atoms with E-state index in [-0.39, 0.29) is 11.3 Å². The number of carbonyl (C=O) groups excluding carboxylic acids is 1. The molecular formula is C16H19NO3. The monoisotopic (exact) mass is 273 g/mol. The molecule has 1 aromatic carbocycles. The Morgan fingerprint density at radius 2 is 2.15 bits per heavy atom. The van der Waals surface area contributed by atoms with Crippen molar-refractivity contribution in [2.75, 3.05) is 26.3 Å². The van der Waals surface area contributed by atoms with Crippen LogP contribution in [0, 0.1) is 0 Å². The highest BCUT2D eigenvalue weighted by Crippen LogP contribution is 2.23. The van der Waals surface area contributed by atoms with E-state index in [1.165, 1.54) is 0 Å². The van der Waals surface area contributed by atoms with Crippen molar-refractivity contribution in [2.45, 2.75) is 19.4 Å². The summed E-state index contributed by atoms with van der Waals surface area (Å²) >= 11 is 0. The first kappa shape index (κ1) is 13.3. The maximum absolute atomic E-state index is 12.5. The Kier molecular flexibility index (Phi) is 3.36. The van der Waals surface area contributed by atoms with Gasteiger partial charge >= 0.3 is 0 Å². The lowest BCUT2D eigenvalue weighted by atomic mass is 10.0. The zero-order valence-corrected chi connectivity index (χ0v) is 11.9. The predicted molar refractivity (Wildman–Crippen MR) is 77.0 cm³/mol. The third-order valence-electron chi connectivity index (χ3n) is 3.93. The van der Waals surface area contributed by atoms with Crippen LogP contribution in [0.2, 0.25) is 0 Å². The van der Waals surface area contributed by atoms with Crippen molar-refractivity contribution in [1.82, 2.24) is 4.90 Å². The van der Waals surface area contributed by atoms with E-state index in [0.29, 0.717) is 25.3 Å². The standard InChI is InChI=1S/C16H19NO3/c1-16(2)11-19-8-7-17(16)9-14(18)13-10-20-15-6-4-3-5-12(13)15/h3-6,10H,7-9,11H2,1-2H3. The number of ketones is 1. The summed E-state index contributed by atoms with van der Waals surface area (Å²) in [5.41, 5.74) is 1.33. The summed E-state index contributed by atoms with van der Waals surface area (Å²) in [4.78, 5) is 14.7. The van der Waals surface area contributed by atoms with E-state index in [1.54, 1.807) is 6.26 Å². The van der Waals surface area contributed by atoms with Gasteiger partial charge in [-0.05, 0) is 19.9 Å². The van der Waals surface area contributed by atoms with Crippen LogP contribution in [0.3, 0.4) is 0 Å². The van der Waals surface area contributed by atoms with Crippen LogP contribution in [0.15, 0.2) is 34.9 Å². The lowest BCUT2D eigenvalue weighted by Crippen LogP contribution is -2.54. The van der Waals surface area contributed by atoms with Gasteiger partial charge < -0.3 is 9.15 Å². The van der Waals surface area contributed by atoms with Crippen LogP contribution in [0.4, 0.5) is 0 Å². The summed E-state index contributed by atoms with van der Waals surface area (Å²) in [6.07, 6.45) is 1.57. The Morgan fingerprint density at radius 3 is 2.95 bits per heavy atom. The van der Waals surface area contributed by atoms with Crippen LogP contribution in [-0.4, -0.2) is 42.5 Å². The van der Waals surface area contributed by atoms with Crippen LogP contribution in [-0.2, 0) is 4.74 Å². The number of morpholine rings is 1. The molecule has 3 rings (SSSR count). The molecule has 0 aliphatic carbocycles. The average molecular weight is 273 g/mol. The molecule has 0 amide bonds. The van der Waals surface area contributed by atoms with Gasteiger partial charge in [0.05, 0.1) is 25.3 Å². The maximum atomic E-state index is 12.5. The van der Waals surface area contributed by atoms with Gasteiger partial charge in [0, 0.05) is 17.5 Å². The Balaban J connectivity index is 1.82. The SMILES string of the molecule is CC1(C)COCCN1CC(=O)c1coc2ccccc12. The highest BCUT2D eigenvalue weighted by Gasteiger charge is 2.32. The Hall–Kier alpha value is -1.65. The summed E-state index contributed by atoms with van der Waals surface area (Å²) in [7, 11) is 0. The van der Waals surface area contributed by atoms with Gasteiger partial charge in [0.1, 0.15) is 11.8 Å². The van der Waals surface area contributed by atoms with Gasteiger partial charge in [0.2, 0.25) is 0 Å². The summed E-state index contributed by atoms with van der Waals surface area (Å²) < 4.78 is 10.9. The second-order valence-corrected chi connectivity index (χ2v) is 5.86. The fraction of sp³-hybridized carbons (Fsp3) is 0.438. The van der Waals surface area contributed by atoms with Gasteiger partial charge in [-0.15, -0.1) is 0 Å². The van der Waals surface area contributed by atoms with Crippen LogP contribution in [0.5, 0.6) is 0 Å². The molecule has 20 heavy (non-hydrogen) atoms. The first-order chi connectivity index (χ1) is 9.58. The van der Waals surface area contributed by atoms with Crippen molar-refractivity contribution in [3.8, 4) is 0 Å². The third kappa shape index (κ3) is 2.37. The minimum atomic E-state index is -0.104. The number of ether oxygens (including phenoxy) is 1. The van der Waals surface area contributed by atoms with E-state index in [9.17, 15) is 4.79 Å². The van der Waals surface area contributed by atoms with E-state index in [1.807, 2.05) is 24.3 Å². The van der Waals surface area contributed by atoms with Gasteiger partial charge in [0.15, 0.2) is 5.78 Å². The van der Waals surface area contributed by atoms with Gasteiger partial charge in [-0.3, -0.25) is 9.69 Å². The van der Waals surface area contributed by atoms with Crippen molar-refractivity contribution in [1.29, 1.82) is 0 Å². The van der Waals surface area contributed by atoms with Crippen LogP contribution in [0.25, 0.3) is 11.0 Å². The molecule has 0 saturated carbocycles. The second kappa shape index (κ2) is 5.04. The Bertz CT molecular complexity index is 629. The molecule has 0 atom stereocenters. The van der Waals surface area contributed by atoms with Crippen LogP contribution < -0.4 is 0 Å². The zero-order valence-electron chi connectivity index (χ0n) is 11.9. The predicted octanol–water partition coefficient (Wildman–Crippen LogP) is 2.73. The Labute approximate surface area is 118 Å². The third-order valence-corrected chi connectivity index (χ3v) is 3.93. The lowest BCUT2D eigenvalue weighted by molar-refractivity contribution is -0.0467. The molecule has 4 heteroatoms. The fourth-order valence-corrected chi connectivity index (χ4v) is 2.64. The number of benzene rings is 1. The molecule has 106 valence electrons. The molecule has 1 aliphatic heterocycles. The van der Waals surface area contributed by atoms with E-state index < -0.39 is 0 Å². The minimum Gasteiger partial charge on any atom is -0.464 e. The molecule has 2 aromatic rings. The highest BCUT2D eigenvalue weighted by molar-refractivity contribution is 6.08. The number of rotatable bonds is 3. The fourth-order valence-electron chi connectivity index (χ4n) is 2.64. The molecule has 1 aliphatic rings. The number of fused-ring (bicyclic) bond motifs is 1. The maximum Gasteiger partial charge on any atom is 0.180 e. The zero-order chi connectivity index (χ0) is 14.2. The minimum absolute atomic E-state index is 0.102. The average Bonchev–Trinajstić information content (AvgIpc) is 2.85. The van der Waals surface area contributed by atoms with Crippen molar-refractivity contribution in [2.24, 2.45) is 0 Å². The molecule has 0 bridgehead atoms. The van der Waals surface area contributed by atoms with Gasteiger partial charge in [-0.25, -0.2) is 0 Å². The van der Waals surface area contributed by atoms with Crippen molar-refractivity contribution in [3.63, 3.8) is 0 Å². The molecule has 0 spiro atoms. The van der Waals surface area contributed by atoms with Gasteiger partial charge in [-0.2, -0.15) is 0 Å². The van der Waals surface area contributed by atoms with Gasteiger partial charge in [0.25, 0.3) is 0 Å². The number of Topliss-reactive ketones (excluding diaryl/α,β-unsaturated/α-hetero) is 1. The van der Waals surface area contributed by atoms with E-state index in [0.717, 1.165) is 17.5 Å². The van der Waals surface area contributed by atoms with Crippen molar-refractivity contribution < 1.29 is 13.9 Å². The number of furan rings is 1. The molecular weight excluding hydrogens is 254 g/mol. The lowest BCUT2D eigenvalue weighted by Gasteiger charge is -2.41. The van der Waals surface area contributed by atoms with E-state index in [4.69, 9.17) is 9.15 Å². The van der Waals surface area contributed by atoms with Crippen molar-refractivity contribution >= 4 is 16.8 Å². The van der Waals surface area contributed by atoms with E-state index >= 15 is 0 Å². The molecule has 0 radical (unpaired) electrons. The molecule has 0 N–H and O–H groups in total. The number of hydrogen-bond donors (Lipinski definition) is 0. The molecule has 0 unspecified atom stereocenters. The largest absolute Gasteiger partial charge is 0.464 e. The number of para-hydroxylation sites is 1. The van der Waals surface area contributed by atoms with Gasteiger partial charge in [-0.1, -0.05) is 18.2 Å². The molecule has 4 nitrogen and oxygen atoms in total. The smallest absolute Gasteiger partial charge is 0.180 e. The topological polar surface area (TPSA) is 42.7 Å². The molecule has 1 saturated heterocycles. The number of hydrogen-bond acceptors (Lipinski definition) is 4. The first-order valence-corrected chi connectivity index (χ1v) is 6.90. The van der Waals surface area contributed by atoms with Crippen LogP contribution in [0.1, 0.15) is 24.2 Å². The summed E-state index contributed by atoms with van der Waals surface area (Å²) in [5, 5.41) is 0.892. The summed E-state index contributed by atoms with van der Waals surface area (Å²) in [5.74, 6) is 0.102. The number of carbonyl (C=O) groups is 1. The second-order valence-electron chi connectivity index (χ2n) is 5.86. The highest BCUT2D eigenvalue weighted by atomic mass is 16.5. The van der Waals surface area contributed by atoms with Crippen molar-refractivity contribution in [3.05, 3.63) is 36.1 Å². The Morgan fingerprint density at radius 1 is 1.35 bits per heavy atom. The first-order valence-electron chi connectivity index (χ1n) is 6.90. The quantitative estimate of drug-likeness (QED) is 0.806. The van der Waals surface area contributed by atoms with Crippen LogP contribution >= 0.6 is 0 Å². The molecule has 1 aromatic heterocycles. The summed E-state index contributed by atoms with van der Waals surface area (Å²) in [6, 6.07) is 7.64. The summed E-state index contributed by atoms with van der Waals surface area (Å²) in [6.45, 7) is 6.74. The molecule has 1 fully saturated rings. The molecule has 2 heterocycles. The number of nitrogens with zero attached hydrogens (tertiary/aromatic N) is 1.